The third-order valence-corrected chi connectivity index (χ3v) is 6.84. The Hall–Kier alpha value is -3.26. The Labute approximate surface area is 211 Å². The first-order valence-corrected chi connectivity index (χ1v) is 11.8. The van der Waals surface area contributed by atoms with Gasteiger partial charge in [-0.15, -0.1) is 0 Å². The van der Waals surface area contributed by atoms with Crippen LogP contribution in [0.5, 0.6) is 11.5 Å². The highest BCUT2D eigenvalue weighted by Crippen LogP contribution is 2.45. The van der Waals surface area contributed by atoms with Crippen LogP contribution in [0.15, 0.2) is 79.1 Å². The average molecular weight is 509 g/mol. The summed E-state index contributed by atoms with van der Waals surface area (Å²) < 4.78 is 13.2. The average Bonchev–Trinajstić information content (AvgIpc) is 3.57. The molecule has 2 aliphatic rings. The monoisotopic (exact) mass is 508 g/mol. The molecule has 2 aromatic carbocycles. The molecule has 1 fully saturated rings. The molecule has 2 aliphatic heterocycles. The Kier molecular flexibility index (Phi) is 5.32. The molecule has 170 valence electrons. The van der Waals surface area contributed by atoms with Crippen molar-refractivity contribution in [1.29, 1.82) is 0 Å². The van der Waals surface area contributed by atoms with Crippen molar-refractivity contribution in [2.45, 2.75) is 12.1 Å². The number of halogens is 2. The number of anilines is 1. The smallest absolute Gasteiger partial charge is 0.231 e. The van der Waals surface area contributed by atoms with Gasteiger partial charge in [0.25, 0.3) is 0 Å². The second-order valence-corrected chi connectivity index (χ2v) is 9.16. The number of nitrogens with one attached hydrogen (secondary N) is 1. The van der Waals surface area contributed by atoms with Gasteiger partial charge in [-0.25, -0.2) is 0 Å². The van der Waals surface area contributed by atoms with Gasteiger partial charge in [0.15, 0.2) is 16.6 Å². The molecule has 1 N–H and O–H groups in total. The Morgan fingerprint density at radius 1 is 0.971 bits per heavy atom. The Bertz CT molecular complexity index is 1390. The zero-order valence-corrected chi connectivity index (χ0v) is 20.0. The maximum absolute atomic E-state index is 6.60. The molecule has 6 rings (SSSR count). The standard InChI is InChI=1S/C25H18Cl2N4O2S/c26-15-6-8-19(17(27)12-15)30-11-3-5-20(30)24-23(18-4-1-2-10-28-18)29-25(34)31(24)16-7-9-21-22(13-16)33-14-32-21/h1-13,23-24H,14H2,(H,29,34)/t23-,24+/m0/s1. The number of fused-ring (bicyclic) bond motifs is 1. The SMILES string of the molecule is S=C1N[C@@H](c2ccccn2)[C@@H](c2cccn2-c2ccc(Cl)cc2Cl)N1c1ccc2c(c1)OCO2. The normalized spacial score (nSPS) is 18.9. The third-order valence-electron chi connectivity index (χ3n) is 5.99. The minimum atomic E-state index is -0.218. The van der Waals surface area contributed by atoms with Crippen molar-refractivity contribution in [3.63, 3.8) is 0 Å². The van der Waals surface area contributed by atoms with Gasteiger partial charge in [-0.05, 0) is 66.8 Å². The van der Waals surface area contributed by atoms with Crippen LogP contribution < -0.4 is 19.7 Å². The summed E-state index contributed by atoms with van der Waals surface area (Å²) in [6.07, 6.45) is 3.77. The first-order valence-electron chi connectivity index (χ1n) is 10.6. The minimum Gasteiger partial charge on any atom is -0.454 e. The van der Waals surface area contributed by atoms with E-state index in [0.29, 0.717) is 20.9 Å². The lowest BCUT2D eigenvalue weighted by atomic mass is 10.0. The summed E-state index contributed by atoms with van der Waals surface area (Å²) in [5.74, 6) is 1.41. The molecule has 0 unspecified atom stereocenters. The fraction of sp³-hybridized carbons (Fsp3) is 0.120. The number of thiocarbonyl (C=S) groups is 1. The summed E-state index contributed by atoms with van der Waals surface area (Å²) in [5, 5.41) is 5.22. The van der Waals surface area contributed by atoms with Crippen LogP contribution in [0.25, 0.3) is 5.69 Å². The van der Waals surface area contributed by atoms with Crippen LogP contribution in [0, 0.1) is 0 Å². The number of benzene rings is 2. The second kappa shape index (κ2) is 8.51. The number of hydrogen-bond donors (Lipinski definition) is 1. The molecule has 4 heterocycles. The van der Waals surface area contributed by atoms with Gasteiger partial charge in [0.1, 0.15) is 6.04 Å². The number of nitrogens with zero attached hydrogens (tertiary/aromatic N) is 3. The number of ether oxygens (including phenoxy) is 2. The molecular formula is C25H18Cl2N4O2S. The molecule has 9 heteroatoms. The molecule has 0 spiro atoms. The van der Waals surface area contributed by atoms with Gasteiger partial charge in [-0.2, -0.15) is 0 Å². The highest BCUT2D eigenvalue weighted by molar-refractivity contribution is 7.80. The quantitative estimate of drug-likeness (QED) is 0.337. The molecule has 4 aromatic rings. The molecule has 0 bridgehead atoms. The van der Waals surface area contributed by atoms with E-state index in [0.717, 1.165) is 28.5 Å². The van der Waals surface area contributed by atoms with Crippen molar-refractivity contribution in [2.24, 2.45) is 0 Å². The summed E-state index contributed by atoms with van der Waals surface area (Å²) in [6, 6.07) is 20.8. The van der Waals surface area contributed by atoms with Crippen molar-refractivity contribution in [1.82, 2.24) is 14.9 Å². The predicted octanol–water partition coefficient (Wildman–Crippen LogP) is 6.08. The molecule has 0 radical (unpaired) electrons. The van der Waals surface area contributed by atoms with E-state index in [2.05, 4.69) is 25.8 Å². The van der Waals surface area contributed by atoms with Gasteiger partial charge in [0.05, 0.1) is 22.4 Å². The van der Waals surface area contributed by atoms with Gasteiger partial charge >= 0.3 is 0 Å². The van der Waals surface area contributed by atoms with E-state index in [-0.39, 0.29) is 18.9 Å². The van der Waals surface area contributed by atoms with E-state index >= 15 is 0 Å². The van der Waals surface area contributed by atoms with Crippen molar-refractivity contribution in [2.75, 3.05) is 11.7 Å². The maximum atomic E-state index is 6.60. The first kappa shape index (κ1) is 21.3. The third kappa shape index (κ3) is 3.57. The number of aromatic nitrogens is 2. The molecule has 2 aromatic heterocycles. The second-order valence-electron chi connectivity index (χ2n) is 7.93. The number of pyridine rings is 1. The van der Waals surface area contributed by atoms with Crippen molar-refractivity contribution in [3.8, 4) is 17.2 Å². The fourth-order valence-electron chi connectivity index (χ4n) is 4.50. The molecule has 2 atom stereocenters. The van der Waals surface area contributed by atoms with Crippen molar-refractivity contribution >= 4 is 46.2 Å². The molecule has 0 aliphatic carbocycles. The van der Waals surface area contributed by atoms with E-state index in [1.807, 2.05) is 60.8 Å². The van der Waals surface area contributed by atoms with Crippen LogP contribution in [0.1, 0.15) is 23.5 Å². The van der Waals surface area contributed by atoms with Gasteiger partial charge in [-0.1, -0.05) is 29.3 Å². The van der Waals surface area contributed by atoms with E-state index in [1.54, 1.807) is 12.3 Å². The summed E-state index contributed by atoms with van der Waals surface area (Å²) in [5.41, 5.74) is 3.59. The van der Waals surface area contributed by atoms with Crippen LogP contribution in [0.4, 0.5) is 5.69 Å². The minimum absolute atomic E-state index is 0.196. The molecule has 0 saturated carbocycles. The van der Waals surface area contributed by atoms with E-state index in [1.165, 1.54) is 0 Å². The Balaban J connectivity index is 1.51. The van der Waals surface area contributed by atoms with E-state index < -0.39 is 0 Å². The lowest BCUT2D eigenvalue weighted by molar-refractivity contribution is 0.174. The van der Waals surface area contributed by atoms with Crippen LogP contribution in [-0.2, 0) is 0 Å². The molecule has 0 amide bonds. The van der Waals surface area contributed by atoms with Crippen LogP contribution >= 0.6 is 35.4 Å². The summed E-state index contributed by atoms with van der Waals surface area (Å²) in [4.78, 5) is 6.72. The van der Waals surface area contributed by atoms with Crippen molar-refractivity contribution < 1.29 is 9.47 Å². The summed E-state index contributed by atoms with van der Waals surface area (Å²) in [7, 11) is 0. The largest absolute Gasteiger partial charge is 0.454 e. The molecule has 1 saturated heterocycles. The fourth-order valence-corrected chi connectivity index (χ4v) is 5.35. The molecular weight excluding hydrogens is 491 g/mol. The van der Waals surface area contributed by atoms with Gasteiger partial charge < -0.3 is 24.3 Å². The van der Waals surface area contributed by atoms with Crippen LogP contribution in [0.3, 0.4) is 0 Å². The Morgan fingerprint density at radius 2 is 1.85 bits per heavy atom. The highest BCUT2D eigenvalue weighted by Gasteiger charge is 2.42. The summed E-state index contributed by atoms with van der Waals surface area (Å²) in [6.45, 7) is 0.208. The number of hydrogen-bond acceptors (Lipinski definition) is 4. The number of rotatable bonds is 4. The molecule has 6 nitrogen and oxygen atoms in total. The maximum Gasteiger partial charge on any atom is 0.231 e. The van der Waals surface area contributed by atoms with Crippen LogP contribution in [-0.4, -0.2) is 21.5 Å². The van der Waals surface area contributed by atoms with E-state index in [4.69, 9.17) is 44.9 Å². The lowest BCUT2D eigenvalue weighted by Gasteiger charge is -2.29. The van der Waals surface area contributed by atoms with E-state index in [9.17, 15) is 0 Å². The van der Waals surface area contributed by atoms with Gasteiger partial charge in [0, 0.05) is 34.9 Å². The van der Waals surface area contributed by atoms with Gasteiger partial charge in [0.2, 0.25) is 6.79 Å². The molecule has 34 heavy (non-hydrogen) atoms. The van der Waals surface area contributed by atoms with Crippen molar-refractivity contribution in [3.05, 3.63) is 101 Å². The Morgan fingerprint density at radius 3 is 2.68 bits per heavy atom. The first-order chi connectivity index (χ1) is 16.6. The highest BCUT2D eigenvalue weighted by atomic mass is 35.5. The predicted molar refractivity (Wildman–Crippen MR) is 136 cm³/mol. The summed E-state index contributed by atoms with van der Waals surface area (Å²) >= 11 is 18.6. The van der Waals surface area contributed by atoms with Crippen LogP contribution in [0.2, 0.25) is 10.0 Å². The zero-order valence-electron chi connectivity index (χ0n) is 17.7. The lowest BCUT2D eigenvalue weighted by Crippen LogP contribution is -2.30. The van der Waals surface area contributed by atoms with Gasteiger partial charge in [-0.3, -0.25) is 4.98 Å². The zero-order chi connectivity index (χ0) is 23.2. The topological polar surface area (TPSA) is 51.6 Å².